The van der Waals surface area contributed by atoms with Crippen LogP contribution < -0.4 is 18.6 Å². The first kappa shape index (κ1) is 19.5. The Kier molecular flexibility index (Phi) is 5.08. The van der Waals surface area contributed by atoms with Gasteiger partial charge in [-0.3, -0.25) is 0 Å². The lowest BCUT2D eigenvalue weighted by atomic mass is 10.0. The zero-order valence-corrected chi connectivity index (χ0v) is 16.3. The summed E-state index contributed by atoms with van der Waals surface area (Å²) in [6.07, 6.45) is 0.883. The second-order valence-corrected chi connectivity index (χ2v) is 7.62. The summed E-state index contributed by atoms with van der Waals surface area (Å²) in [5.74, 6) is 2.03. The highest BCUT2D eigenvalue weighted by Gasteiger charge is 2.31. The quantitative estimate of drug-likeness (QED) is 0.391. The third kappa shape index (κ3) is 4.29. The molecule has 0 N–H and O–H groups in total. The van der Waals surface area contributed by atoms with E-state index in [1.54, 1.807) is 0 Å². The van der Waals surface area contributed by atoms with E-state index in [1.807, 2.05) is 0 Å². The molecule has 29 heavy (non-hydrogen) atoms. The lowest BCUT2D eigenvalue weighted by Crippen LogP contribution is -2.68. The maximum Gasteiger partial charge on any atom is 0.360 e. The van der Waals surface area contributed by atoms with Gasteiger partial charge in [0.05, 0.1) is 17.5 Å². The molecule has 4 aromatic rings. The van der Waals surface area contributed by atoms with Gasteiger partial charge in [-0.25, -0.2) is 23.1 Å². The lowest BCUT2D eigenvalue weighted by molar-refractivity contribution is -2.00. The Morgan fingerprint density at radius 3 is 2.21 bits per heavy atom. The summed E-state index contributed by atoms with van der Waals surface area (Å²) in [5, 5.41) is 2.50. The molecular formula is C23H17ClO5. The van der Waals surface area contributed by atoms with Crippen molar-refractivity contribution < 1.29 is 33.3 Å². The minimum absolute atomic E-state index is 0.883. The highest BCUT2D eigenvalue weighted by atomic mass is 35.7. The Hall–Kier alpha value is -2.80. The van der Waals surface area contributed by atoms with Crippen LogP contribution >= 0.6 is 0 Å². The molecule has 5 nitrogen and oxygen atoms in total. The van der Waals surface area contributed by atoms with E-state index in [0.717, 1.165) is 23.5 Å². The Labute approximate surface area is 169 Å². The number of benzene rings is 3. The average Bonchev–Trinajstić information content (AvgIpc) is 3.05. The van der Waals surface area contributed by atoms with Crippen molar-refractivity contribution in [3.8, 4) is 22.5 Å². The predicted octanol–water partition coefficient (Wildman–Crippen LogP) is 1.50. The Bertz CT molecular complexity index is 1190. The molecule has 0 saturated heterocycles. The summed E-state index contributed by atoms with van der Waals surface area (Å²) in [7, 11) is -4.94. The Morgan fingerprint density at radius 2 is 1.45 bits per heavy atom. The third-order valence-electron chi connectivity index (χ3n) is 4.93. The number of fused-ring (bicyclic) bond motifs is 4. The molecule has 146 valence electrons. The van der Waals surface area contributed by atoms with Crippen molar-refractivity contribution >= 4 is 10.8 Å². The summed E-state index contributed by atoms with van der Waals surface area (Å²) in [5.41, 5.74) is 6.36. The molecule has 1 aliphatic rings. The van der Waals surface area contributed by atoms with E-state index >= 15 is 0 Å². The van der Waals surface area contributed by atoms with Gasteiger partial charge in [-0.2, -0.15) is 0 Å². The van der Waals surface area contributed by atoms with Crippen LogP contribution in [-0.2, 0) is 6.42 Å². The van der Waals surface area contributed by atoms with Gasteiger partial charge in [0, 0.05) is 6.07 Å². The third-order valence-corrected chi connectivity index (χ3v) is 4.93. The van der Waals surface area contributed by atoms with E-state index in [2.05, 4.69) is 79.7 Å². The summed E-state index contributed by atoms with van der Waals surface area (Å²) in [4.78, 5) is 0. The summed E-state index contributed by atoms with van der Waals surface area (Å²) in [6, 6.07) is 25.7. The second-order valence-electron chi connectivity index (χ2n) is 6.87. The molecule has 3 aromatic carbocycles. The van der Waals surface area contributed by atoms with Crippen molar-refractivity contribution in [3.63, 3.8) is 0 Å². The van der Waals surface area contributed by atoms with Crippen LogP contribution in [0.3, 0.4) is 0 Å². The van der Waals surface area contributed by atoms with Crippen LogP contribution in [0.5, 0.6) is 0 Å². The van der Waals surface area contributed by atoms with Gasteiger partial charge in [-0.15, -0.1) is 10.2 Å². The van der Waals surface area contributed by atoms with Crippen molar-refractivity contribution in [1.29, 1.82) is 0 Å². The minimum atomic E-state index is -4.94. The minimum Gasteiger partial charge on any atom is -0.222 e. The largest absolute Gasteiger partial charge is 0.360 e. The van der Waals surface area contributed by atoms with Gasteiger partial charge in [-0.05, 0) is 46.5 Å². The first-order chi connectivity index (χ1) is 13.8. The van der Waals surface area contributed by atoms with Crippen molar-refractivity contribution in [1.82, 2.24) is 0 Å². The smallest absolute Gasteiger partial charge is 0.222 e. The maximum atomic E-state index is 8.49. The van der Waals surface area contributed by atoms with Crippen LogP contribution in [0.4, 0.5) is 0 Å². The fourth-order valence-electron chi connectivity index (χ4n) is 3.77. The Balaban J connectivity index is 0.000000369. The fraction of sp³-hybridized carbons (Fsp3) is 0.0870. The summed E-state index contributed by atoms with van der Waals surface area (Å²) < 4.78 is 40.3. The predicted molar refractivity (Wildman–Crippen MR) is 99.0 cm³/mol. The van der Waals surface area contributed by atoms with E-state index in [1.165, 1.54) is 33.0 Å². The maximum absolute atomic E-state index is 8.49. The van der Waals surface area contributed by atoms with Crippen LogP contribution in [0.15, 0.2) is 77.2 Å². The normalized spacial score (nSPS) is 12.2. The molecular weight excluding hydrogens is 392 g/mol. The van der Waals surface area contributed by atoms with Gasteiger partial charge in [-0.1, -0.05) is 54.6 Å². The molecule has 1 aromatic heterocycles. The van der Waals surface area contributed by atoms with Gasteiger partial charge in [0.1, 0.15) is 0 Å². The van der Waals surface area contributed by atoms with Gasteiger partial charge in [0.25, 0.3) is 0 Å². The van der Waals surface area contributed by atoms with E-state index in [4.69, 9.17) is 23.1 Å². The first-order valence-electron chi connectivity index (χ1n) is 8.95. The van der Waals surface area contributed by atoms with E-state index in [9.17, 15) is 0 Å². The van der Waals surface area contributed by atoms with Crippen LogP contribution in [0.2, 0.25) is 0 Å². The molecule has 6 heteroatoms. The number of aryl methyl sites for hydroxylation is 1. The summed E-state index contributed by atoms with van der Waals surface area (Å²) >= 11 is 0. The van der Waals surface area contributed by atoms with E-state index < -0.39 is 10.2 Å². The standard InChI is InChI=1S/C23H17O.ClHO4/c1-15-12-21(19-11-10-16-6-2-3-7-17(16)13-19)24-22-14-18-8-4-5-9-20(18)23(15)22;2-1(3,4)5/h2-13H,14H2,1H3;(H,2,3,4,5)/q+1;/p-1. The SMILES string of the molecule is Cc1cc(-c2ccc3ccccc3c2)[o+]c2c1-c1ccccc1C2.[O-][Cl+3]([O-])([O-])[O-]. The summed E-state index contributed by atoms with van der Waals surface area (Å²) in [6.45, 7) is 2.18. The molecule has 0 amide bonds. The van der Waals surface area contributed by atoms with Crippen molar-refractivity contribution in [2.45, 2.75) is 13.3 Å². The molecule has 1 heterocycles. The molecule has 0 bridgehead atoms. The van der Waals surface area contributed by atoms with E-state index in [-0.39, 0.29) is 0 Å². The number of rotatable bonds is 1. The zero-order valence-electron chi connectivity index (χ0n) is 15.6. The Morgan fingerprint density at radius 1 is 0.793 bits per heavy atom. The second kappa shape index (κ2) is 7.55. The molecule has 0 fully saturated rings. The van der Waals surface area contributed by atoms with Gasteiger partial charge in [0.15, 0.2) is 0 Å². The number of halogens is 1. The monoisotopic (exact) mass is 408 g/mol. The number of hydrogen-bond donors (Lipinski definition) is 0. The highest BCUT2D eigenvalue weighted by molar-refractivity contribution is 5.87. The van der Waals surface area contributed by atoms with Gasteiger partial charge < -0.3 is 0 Å². The van der Waals surface area contributed by atoms with Crippen LogP contribution in [0.1, 0.15) is 16.9 Å². The van der Waals surface area contributed by atoms with Gasteiger partial charge >= 0.3 is 11.5 Å². The van der Waals surface area contributed by atoms with Crippen LogP contribution in [0.25, 0.3) is 33.2 Å². The number of hydrogen-bond acceptors (Lipinski definition) is 4. The van der Waals surface area contributed by atoms with Crippen molar-refractivity contribution in [3.05, 3.63) is 89.7 Å². The lowest BCUT2D eigenvalue weighted by Gasteiger charge is -2.17. The molecule has 5 rings (SSSR count). The highest BCUT2D eigenvalue weighted by Crippen LogP contribution is 2.41. The molecule has 0 unspecified atom stereocenters. The molecule has 0 atom stereocenters. The first-order valence-corrected chi connectivity index (χ1v) is 10.2. The van der Waals surface area contributed by atoms with Crippen molar-refractivity contribution in [2.24, 2.45) is 0 Å². The zero-order chi connectivity index (χ0) is 20.6. The van der Waals surface area contributed by atoms with E-state index in [0.29, 0.717) is 0 Å². The van der Waals surface area contributed by atoms with Crippen LogP contribution in [-0.4, -0.2) is 0 Å². The average molecular weight is 409 g/mol. The topological polar surface area (TPSA) is 104 Å². The van der Waals surface area contributed by atoms with Crippen LogP contribution in [0, 0.1) is 17.2 Å². The molecule has 0 saturated carbocycles. The molecule has 0 aliphatic heterocycles. The molecule has 0 spiro atoms. The molecule has 1 aliphatic carbocycles. The fourth-order valence-corrected chi connectivity index (χ4v) is 3.77. The van der Waals surface area contributed by atoms with Gasteiger partial charge in [0.2, 0.25) is 0 Å². The molecule has 0 radical (unpaired) electrons. The van der Waals surface area contributed by atoms with Crippen molar-refractivity contribution in [2.75, 3.05) is 0 Å².